The minimum atomic E-state index is -0.795. The van der Waals surface area contributed by atoms with Gasteiger partial charge in [0.1, 0.15) is 11.4 Å². The summed E-state index contributed by atoms with van der Waals surface area (Å²) in [5, 5.41) is 9.46. The number of hydrogen-bond acceptors (Lipinski definition) is 4. The molecule has 0 aliphatic carbocycles. The molecule has 2 atom stereocenters. The molecule has 0 saturated carbocycles. The number of urea groups is 1. The minimum Gasteiger partial charge on any atom is -0.369 e. The number of guanidine groups is 1. The van der Waals surface area contributed by atoms with Gasteiger partial charge >= 0.3 is 6.03 Å². The Morgan fingerprint density at radius 1 is 1.38 bits per heavy atom. The average molecular weight is 560 g/mol. The molecule has 0 aromatic heterocycles. The Labute approximate surface area is 206 Å². The molecule has 32 heavy (non-hydrogen) atoms. The molecule has 2 aliphatic heterocycles. The number of piperidine rings is 1. The number of nitrogens with zero attached hydrogens (tertiary/aromatic N) is 3. The number of hydrogen-bond donors (Lipinski definition) is 3. The first-order chi connectivity index (χ1) is 14.9. The summed E-state index contributed by atoms with van der Waals surface area (Å²) >= 11 is 0. The van der Waals surface area contributed by atoms with Gasteiger partial charge in [0.05, 0.1) is 0 Å². The van der Waals surface area contributed by atoms with E-state index in [1.54, 1.807) is 26.1 Å². The maximum absolute atomic E-state index is 13.6. The van der Waals surface area contributed by atoms with Gasteiger partial charge in [0.25, 0.3) is 5.91 Å². The standard InChI is InChI=1S/C22H33FN6O2.HI/c1-4-22(2)19(30)29(21(31)27-22)13-7-11-25-20(24-3)26-17-9-6-12-28(15-17)18-10-5-8-16(23)14-18;/h5,8,10,14,17H,4,6-7,9,11-13,15H2,1-3H3,(H,27,31)(H2,24,25,26);1H. The fourth-order valence-corrected chi connectivity index (χ4v) is 4.02. The summed E-state index contributed by atoms with van der Waals surface area (Å²) in [5.41, 5.74) is 0.0958. The fraction of sp³-hybridized carbons (Fsp3) is 0.591. The summed E-state index contributed by atoms with van der Waals surface area (Å²) in [5.74, 6) is 0.290. The highest BCUT2D eigenvalue weighted by Crippen LogP contribution is 2.21. The smallest absolute Gasteiger partial charge is 0.325 e. The van der Waals surface area contributed by atoms with Crippen LogP contribution in [0.25, 0.3) is 0 Å². The number of halogens is 2. The highest BCUT2D eigenvalue weighted by Gasteiger charge is 2.45. The number of nitrogens with one attached hydrogen (secondary N) is 3. The zero-order valence-electron chi connectivity index (χ0n) is 19.0. The molecular formula is C22H34FIN6O2. The number of amides is 3. The van der Waals surface area contributed by atoms with Crippen LogP contribution in [0.4, 0.5) is 14.9 Å². The predicted molar refractivity (Wildman–Crippen MR) is 135 cm³/mol. The molecule has 3 amide bonds. The van der Waals surface area contributed by atoms with Crippen LogP contribution in [0.5, 0.6) is 0 Å². The molecule has 1 aromatic carbocycles. The number of anilines is 1. The summed E-state index contributed by atoms with van der Waals surface area (Å²) in [4.78, 5) is 32.3. The van der Waals surface area contributed by atoms with Crippen LogP contribution in [0.2, 0.25) is 0 Å². The number of carbonyl (C=O) groups excluding carboxylic acids is 2. The largest absolute Gasteiger partial charge is 0.369 e. The van der Waals surface area contributed by atoms with E-state index in [4.69, 9.17) is 0 Å². The molecule has 2 aliphatic rings. The Morgan fingerprint density at radius 3 is 2.81 bits per heavy atom. The summed E-state index contributed by atoms with van der Waals surface area (Å²) < 4.78 is 13.6. The molecule has 2 unspecified atom stereocenters. The van der Waals surface area contributed by atoms with Gasteiger partial charge in [-0.3, -0.25) is 14.7 Å². The normalized spacial score (nSPS) is 23.6. The van der Waals surface area contributed by atoms with Crippen molar-refractivity contribution >= 4 is 47.6 Å². The van der Waals surface area contributed by atoms with Gasteiger partial charge < -0.3 is 20.9 Å². The Hall–Kier alpha value is -2.11. The van der Waals surface area contributed by atoms with Crippen molar-refractivity contribution in [2.24, 2.45) is 4.99 Å². The lowest BCUT2D eigenvalue weighted by Crippen LogP contribution is -2.51. The Kier molecular flexibility index (Phi) is 9.53. The summed E-state index contributed by atoms with van der Waals surface area (Å²) in [7, 11) is 1.71. The third-order valence-electron chi connectivity index (χ3n) is 6.06. The molecule has 1 aromatic rings. The topological polar surface area (TPSA) is 89.1 Å². The number of rotatable bonds is 7. The molecule has 0 spiro atoms. The van der Waals surface area contributed by atoms with Crippen LogP contribution >= 0.6 is 24.0 Å². The Morgan fingerprint density at radius 2 is 2.16 bits per heavy atom. The first-order valence-electron chi connectivity index (χ1n) is 11.0. The van der Waals surface area contributed by atoms with E-state index < -0.39 is 5.54 Å². The van der Waals surface area contributed by atoms with Gasteiger partial charge in [0.2, 0.25) is 0 Å². The van der Waals surface area contributed by atoms with Gasteiger partial charge in [0, 0.05) is 45.0 Å². The van der Waals surface area contributed by atoms with Gasteiger partial charge in [-0.2, -0.15) is 0 Å². The molecule has 178 valence electrons. The lowest BCUT2D eigenvalue weighted by molar-refractivity contribution is -0.130. The van der Waals surface area contributed by atoms with Crippen LogP contribution < -0.4 is 20.9 Å². The monoisotopic (exact) mass is 560 g/mol. The Balaban J connectivity index is 0.00000363. The molecule has 3 N–H and O–H groups in total. The van der Waals surface area contributed by atoms with Crippen molar-refractivity contribution < 1.29 is 14.0 Å². The lowest BCUT2D eigenvalue weighted by Gasteiger charge is -2.35. The highest BCUT2D eigenvalue weighted by atomic mass is 127. The molecule has 3 rings (SSSR count). The van der Waals surface area contributed by atoms with Crippen LogP contribution in [0.15, 0.2) is 29.3 Å². The van der Waals surface area contributed by atoms with Crippen molar-refractivity contribution in [3.05, 3.63) is 30.1 Å². The van der Waals surface area contributed by atoms with E-state index in [-0.39, 0.29) is 47.8 Å². The third kappa shape index (κ3) is 6.23. The lowest BCUT2D eigenvalue weighted by atomic mass is 9.99. The van der Waals surface area contributed by atoms with E-state index in [0.29, 0.717) is 31.9 Å². The van der Waals surface area contributed by atoms with E-state index in [1.165, 1.54) is 11.0 Å². The van der Waals surface area contributed by atoms with E-state index in [9.17, 15) is 14.0 Å². The predicted octanol–water partition coefficient (Wildman–Crippen LogP) is 2.69. The van der Waals surface area contributed by atoms with Crippen LogP contribution in [-0.4, -0.2) is 67.6 Å². The second-order valence-electron chi connectivity index (χ2n) is 8.33. The van der Waals surface area contributed by atoms with Crippen molar-refractivity contribution in [1.82, 2.24) is 20.9 Å². The fourth-order valence-electron chi connectivity index (χ4n) is 4.02. The number of imide groups is 1. The summed E-state index contributed by atoms with van der Waals surface area (Å²) in [6.45, 7) is 6.26. The maximum Gasteiger partial charge on any atom is 0.325 e. The van der Waals surface area contributed by atoms with Crippen LogP contribution in [-0.2, 0) is 4.79 Å². The SMILES string of the molecule is CCC1(C)NC(=O)N(CCCNC(=NC)NC2CCCN(c3cccc(F)c3)C2)C1=O.I. The molecule has 2 saturated heterocycles. The van der Waals surface area contributed by atoms with E-state index >= 15 is 0 Å². The van der Waals surface area contributed by atoms with Gasteiger partial charge in [-0.25, -0.2) is 9.18 Å². The molecular weight excluding hydrogens is 526 g/mol. The van der Waals surface area contributed by atoms with E-state index in [1.807, 2.05) is 13.0 Å². The third-order valence-corrected chi connectivity index (χ3v) is 6.06. The molecule has 2 heterocycles. The van der Waals surface area contributed by atoms with Gasteiger partial charge in [-0.15, -0.1) is 24.0 Å². The quantitative estimate of drug-likeness (QED) is 0.157. The number of aliphatic imine (C=N–C) groups is 1. The van der Waals surface area contributed by atoms with Gasteiger partial charge in [-0.1, -0.05) is 13.0 Å². The van der Waals surface area contributed by atoms with Crippen molar-refractivity contribution in [2.75, 3.05) is 38.1 Å². The second-order valence-corrected chi connectivity index (χ2v) is 8.33. The average Bonchev–Trinajstić information content (AvgIpc) is 2.99. The van der Waals surface area contributed by atoms with Crippen molar-refractivity contribution in [2.45, 2.75) is 51.1 Å². The van der Waals surface area contributed by atoms with Gasteiger partial charge in [-0.05, 0) is 50.8 Å². The summed E-state index contributed by atoms with van der Waals surface area (Å²) in [6, 6.07) is 6.55. The number of benzene rings is 1. The van der Waals surface area contributed by atoms with Crippen molar-refractivity contribution in [3.63, 3.8) is 0 Å². The minimum absolute atomic E-state index is 0. The zero-order valence-corrected chi connectivity index (χ0v) is 21.3. The van der Waals surface area contributed by atoms with E-state index in [0.717, 1.165) is 31.6 Å². The first-order valence-corrected chi connectivity index (χ1v) is 11.0. The molecule has 0 bridgehead atoms. The van der Waals surface area contributed by atoms with Crippen molar-refractivity contribution in [3.8, 4) is 0 Å². The van der Waals surface area contributed by atoms with Crippen LogP contribution in [0.1, 0.15) is 39.5 Å². The maximum atomic E-state index is 13.6. The summed E-state index contributed by atoms with van der Waals surface area (Å²) in [6.07, 6.45) is 3.20. The second kappa shape index (κ2) is 11.7. The molecule has 0 radical (unpaired) electrons. The van der Waals surface area contributed by atoms with Crippen LogP contribution in [0, 0.1) is 5.82 Å². The zero-order chi connectivity index (χ0) is 22.4. The number of carbonyl (C=O) groups is 2. The van der Waals surface area contributed by atoms with Crippen molar-refractivity contribution in [1.29, 1.82) is 0 Å². The van der Waals surface area contributed by atoms with E-state index in [2.05, 4.69) is 25.8 Å². The van der Waals surface area contributed by atoms with Gasteiger partial charge in [0.15, 0.2) is 5.96 Å². The Bertz CT molecular complexity index is 838. The molecule has 2 fully saturated rings. The molecule has 10 heteroatoms. The first kappa shape index (κ1) is 26.1. The highest BCUT2D eigenvalue weighted by molar-refractivity contribution is 14.0. The van der Waals surface area contributed by atoms with Crippen LogP contribution in [0.3, 0.4) is 0 Å². The molecule has 8 nitrogen and oxygen atoms in total.